The molecule has 0 saturated heterocycles. The van der Waals surface area contributed by atoms with Gasteiger partial charge in [-0.3, -0.25) is 10.1 Å². The highest BCUT2D eigenvalue weighted by Crippen LogP contribution is 2.24. The minimum atomic E-state index is -3.80. The maximum atomic E-state index is 12.1. The molecule has 3 N–H and O–H groups in total. The van der Waals surface area contributed by atoms with Crippen LogP contribution in [0.1, 0.15) is 10.7 Å². The van der Waals surface area contributed by atoms with Gasteiger partial charge < -0.3 is 5.73 Å². The van der Waals surface area contributed by atoms with Crippen LogP contribution in [0.3, 0.4) is 0 Å². The molecule has 0 saturated carbocycles. The maximum absolute atomic E-state index is 12.1. The summed E-state index contributed by atoms with van der Waals surface area (Å²) >= 11 is 1.34. The van der Waals surface area contributed by atoms with Gasteiger partial charge in [0.25, 0.3) is 5.69 Å². The van der Waals surface area contributed by atoms with Crippen molar-refractivity contribution in [2.45, 2.75) is 18.4 Å². The summed E-state index contributed by atoms with van der Waals surface area (Å²) in [5.41, 5.74) is 5.77. The standard InChI is InChI=1S/C11H12N4O4S2/c1-7-6-20-11(14-7)5-13-21(18,19)8-2-3-10(15(16)17)9(12)4-8/h2-4,6,13H,5,12H2,1H3. The Bertz CT molecular complexity index is 785. The fourth-order valence-corrected chi connectivity index (χ4v) is 3.42. The number of aryl methyl sites for hydroxylation is 1. The van der Waals surface area contributed by atoms with E-state index in [4.69, 9.17) is 5.73 Å². The van der Waals surface area contributed by atoms with Crippen molar-refractivity contribution < 1.29 is 13.3 Å². The average Bonchev–Trinajstić information content (AvgIpc) is 2.82. The molecule has 1 aromatic carbocycles. The highest BCUT2D eigenvalue weighted by molar-refractivity contribution is 7.89. The monoisotopic (exact) mass is 328 g/mol. The number of benzene rings is 1. The van der Waals surface area contributed by atoms with E-state index in [1.165, 1.54) is 11.3 Å². The van der Waals surface area contributed by atoms with Crippen molar-refractivity contribution in [2.75, 3.05) is 5.73 Å². The van der Waals surface area contributed by atoms with Gasteiger partial charge in [0.15, 0.2) is 0 Å². The fraction of sp³-hybridized carbons (Fsp3) is 0.182. The summed E-state index contributed by atoms with van der Waals surface area (Å²) in [6.07, 6.45) is 0. The molecular weight excluding hydrogens is 316 g/mol. The van der Waals surface area contributed by atoms with Gasteiger partial charge in [-0.05, 0) is 19.1 Å². The quantitative estimate of drug-likeness (QED) is 0.485. The third-order valence-electron chi connectivity index (χ3n) is 2.59. The van der Waals surface area contributed by atoms with Gasteiger partial charge in [-0.25, -0.2) is 18.1 Å². The van der Waals surface area contributed by atoms with Gasteiger partial charge in [-0.2, -0.15) is 0 Å². The minimum Gasteiger partial charge on any atom is -0.393 e. The number of nitrogen functional groups attached to an aromatic ring is 1. The number of rotatable bonds is 5. The molecule has 0 bridgehead atoms. The zero-order valence-electron chi connectivity index (χ0n) is 10.9. The first-order valence-electron chi connectivity index (χ1n) is 5.74. The highest BCUT2D eigenvalue weighted by Gasteiger charge is 2.19. The summed E-state index contributed by atoms with van der Waals surface area (Å²) in [5.74, 6) is 0. The van der Waals surface area contributed by atoms with Crippen molar-refractivity contribution in [3.8, 4) is 0 Å². The van der Waals surface area contributed by atoms with Crippen molar-refractivity contribution in [1.29, 1.82) is 0 Å². The van der Waals surface area contributed by atoms with E-state index in [1.807, 2.05) is 12.3 Å². The molecule has 2 rings (SSSR count). The maximum Gasteiger partial charge on any atom is 0.292 e. The molecule has 0 radical (unpaired) electrons. The zero-order chi connectivity index (χ0) is 15.6. The lowest BCUT2D eigenvalue weighted by molar-refractivity contribution is -0.383. The molecule has 10 heteroatoms. The number of nitro groups is 1. The van der Waals surface area contributed by atoms with Crippen LogP contribution in [0.15, 0.2) is 28.5 Å². The summed E-state index contributed by atoms with van der Waals surface area (Å²) in [5, 5.41) is 13.1. The van der Waals surface area contributed by atoms with E-state index < -0.39 is 14.9 Å². The number of hydrogen-bond acceptors (Lipinski definition) is 7. The Morgan fingerprint density at radius 3 is 2.71 bits per heavy atom. The normalized spacial score (nSPS) is 11.5. The molecule has 112 valence electrons. The Kier molecular flexibility index (Phi) is 4.21. The van der Waals surface area contributed by atoms with Crippen molar-refractivity contribution in [1.82, 2.24) is 9.71 Å². The summed E-state index contributed by atoms with van der Waals surface area (Å²) in [6, 6.07) is 3.27. The number of sulfonamides is 1. The second-order valence-corrected chi connectivity index (χ2v) is 6.89. The van der Waals surface area contributed by atoms with Gasteiger partial charge in [0.05, 0.1) is 16.4 Å². The van der Waals surface area contributed by atoms with Crippen molar-refractivity contribution in [3.63, 3.8) is 0 Å². The summed E-state index contributed by atoms with van der Waals surface area (Å²) in [6.45, 7) is 1.86. The molecule has 0 spiro atoms. The Morgan fingerprint density at radius 2 is 2.19 bits per heavy atom. The lowest BCUT2D eigenvalue weighted by Crippen LogP contribution is -2.23. The van der Waals surface area contributed by atoms with Crippen LogP contribution in [0.5, 0.6) is 0 Å². The van der Waals surface area contributed by atoms with Gasteiger partial charge in [-0.15, -0.1) is 11.3 Å². The molecule has 1 heterocycles. The molecule has 0 aliphatic heterocycles. The second kappa shape index (κ2) is 5.76. The molecule has 0 aliphatic rings. The van der Waals surface area contributed by atoms with Crippen LogP contribution in [0.25, 0.3) is 0 Å². The van der Waals surface area contributed by atoms with E-state index in [2.05, 4.69) is 9.71 Å². The second-order valence-electron chi connectivity index (χ2n) is 4.18. The number of aromatic nitrogens is 1. The molecule has 1 aromatic heterocycles. The predicted molar refractivity (Wildman–Crippen MR) is 78.4 cm³/mol. The smallest absolute Gasteiger partial charge is 0.292 e. The molecule has 0 fully saturated rings. The number of nitro benzene ring substituents is 1. The molecule has 0 amide bonds. The third kappa shape index (κ3) is 3.54. The Morgan fingerprint density at radius 1 is 1.48 bits per heavy atom. The van der Waals surface area contributed by atoms with E-state index in [0.29, 0.717) is 5.01 Å². The number of nitrogens with two attached hydrogens (primary N) is 1. The molecule has 0 aliphatic carbocycles. The number of nitrogens with one attached hydrogen (secondary N) is 1. The lowest BCUT2D eigenvalue weighted by Gasteiger charge is -2.06. The molecule has 8 nitrogen and oxygen atoms in total. The molecule has 0 atom stereocenters. The lowest BCUT2D eigenvalue weighted by atomic mass is 10.3. The van der Waals surface area contributed by atoms with Crippen LogP contribution in [0.2, 0.25) is 0 Å². The summed E-state index contributed by atoms with van der Waals surface area (Å²) in [7, 11) is -3.80. The first-order valence-corrected chi connectivity index (χ1v) is 8.10. The van der Waals surface area contributed by atoms with E-state index in [0.717, 1.165) is 23.9 Å². The number of anilines is 1. The molecule has 21 heavy (non-hydrogen) atoms. The van der Waals surface area contributed by atoms with Crippen molar-refractivity contribution in [3.05, 3.63) is 44.4 Å². The average molecular weight is 328 g/mol. The SMILES string of the molecule is Cc1csc(CNS(=O)(=O)c2ccc([N+](=O)[O-])c(N)c2)n1. The van der Waals surface area contributed by atoms with Crippen LogP contribution in [0.4, 0.5) is 11.4 Å². The van der Waals surface area contributed by atoms with Gasteiger partial charge in [0, 0.05) is 17.1 Å². The zero-order valence-corrected chi connectivity index (χ0v) is 12.6. The van der Waals surface area contributed by atoms with Crippen LogP contribution in [0, 0.1) is 17.0 Å². The highest BCUT2D eigenvalue weighted by atomic mass is 32.2. The van der Waals surface area contributed by atoms with E-state index in [1.54, 1.807) is 0 Å². The van der Waals surface area contributed by atoms with Gasteiger partial charge >= 0.3 is 0 Å². The summed E-state index contributed by atoms with van der Waals surface area (Å²) < 4.78 is 26.5. The molecule has 0 unspecified atom stereocenters. The van der Waals surface area contributed by atoms with Gasteiger partial charge in [-0.1, -0.05) is 0 Å². The van der Waals surface area contributed by atoms with E-state index >= 15 is 0 Å². The number of hydrogen-bond donors (Lipinski definition) is 2. The van der Waals surface area contributed by atoms with E-state index in [-0.39, 0.29) is 22.8 Å². The van der Waals surface area contributed by atoms with Gasteiger partial charge in [0.2, 0.25) is 10.0 Å². The summed E-state index contributed by atoms with van der Waals surface area (Å²) in [4.78, 5) is 14.0. The largest absolute Gasteiger partial charge is 0.393 e. The van der Waals surface area contributed by atoms with Crippen LogP contribution in [-0.2, 0) is 16.6 Å². The number of thiazole rings is 1. The number of nitrogens with zero attached hydrogens (tertiary/aromatic N) is 2. The van der Waals surface area contributed by atoms with E-state index in [9.17, 15) is 18.5 Å². The Labute approximate surface area is 124 Å². The minimum absolute atomic E-state index is 0.0533. The Hall–Kier alpha value is -2.04. The first-order chi connectivity index (χ1) is 9.79. The van der Waals surface area contributed by atoms with Crippen LogP contribution < -0.4 is 10.5 Å². The topological polar surface area (TPSA) is 128 Å². The third-order valence-corrected chi connectivity index (χ3v) is 4.95. The van der Waals surface area contributed by atoms with Crippen LogP contribution in [-0.4, -0.2) is 18.3 Å². The predicted octanol–water partition coefficient (Wildman–Crippen LogP) is 1.42. The Balaban J connectivity index is 2.19. The van der Waals surface area contributed by atoms with Crippen LogP contribution >= 0.6 is 11.3 Å². The van der Waals surface area contributed by atoms with Crippen molar-refractivity contribution >= 4 is 32.7 Å². The van der Waals surface area contributed by atoms with Crippen molar-refractivity contribution in [2.24, 2.45) is 0 Å². The molecule has 2 aromatic rings. The molecular formula is C11H12N4O4S2. The van der Waals surface area contributed by atoms with Gasteiger partial charge in [0.1, 0.15) is 10.7 Å². The first kappa shape index (κ1) is 15.4. The fourth-order valence-electron chi connectivity index (χ4n) is 1.59.